The summed E-state index contributed by atoms with van der Waals surface area (Å²) in [6.45, 7) is 5.85. The molecule has 0 aliphatic heterocycles. The third-order valence-corrected chi connectivity index (χ3v) is 4.05. The molecular weight excluding hydrogens is 442 g/mol. The highest BCUT2D eigenvalue weighted by molar-refractivity contribution is 5.67. The topological polar surface area (TPSA) is 82.8 Å². The van der Waals surface area contributed by atoms with Crippen LogP contribution in [0.4, 0.5) is 13.6 Å². The Balaban J connectivity index is 0.000000676. The van der Waals surface area contributed by atoms with Gasteiger partial charge in [-0.05, 0) is 75.5 Å². The Labute approximate surface area is 202 Å². The summed E-state index contributed by atoms with van der Waals surface area (Å²) < 4.78 is 39.0. The highest BCUT2D eigenvalue weighted by Gasteiger charge is 2.15. The molecule has 0 saturated carbocycles. The van der Waals surface area contributed by atoms with E-state index in [1.54, 1.807) is 12.1 Å². The fourth-order valence-electron chi connectivity index (χ4n) is 2.61. The molecule has 0 spiro atoms. The summed E-state index contributed by atoms with van der Waals surface area (Å²) in [7, 11) is 0. The number of ether oxygens (including phenoxy) is 3. The lowest BCUT2D eigenvalue weighted by Crippen LogP contribution is -2.33. The molecule has 0 aromatic heterocycles. The van der Waals surface area contributed by atoms with Crippen LogP contribution in [0.3, 0.4) is 0 Å². The van der Waals surface area contributed by atoms with Crippen LogP contribution in [0.1, 0.15) is 39.3 Å². The van der Waals surface area contributed by atoms with E-state index in [0.717, 1.165) is 12.0 Å². The smallest absolute Gasteiger partial charge is 0.407 e. The van der Waals surface area contributed by atoms with E-state index in [1.165, 1.54) is 5.56 Å². The highest BCUT2D eigenvalue weighted by Crippen LogP contribution is 2.13. The van der Waals surface area contributed by atoms with Crippen molar-refractivity contribution in [3.63, 3.8) is 0 Å². The number of carbonyl (C=O) groups is 1. The van der Waals surface area contributed by atoms with Gasteiger partial charge in [0.05, 0.1) is 0 Å². The minimum Gasteiger partial charge on any atom is -0.491 e. The lowest BCUT2D eigenvalue weighted by molar-refractivity contribution is 0.0528. The van der Waals surface area contributed by atoms with Crippen LogP contribution in [-0.2, 0) is 17.6 Å². The Kier molecular flexibility index (Phi) is 16.1. The van der Waals surface area contributed by atoms with Crippen molar-refractivity contribution in [2.75, 3.05) is 39.7 Å². The van der Waals surface area contributed by atoms with Gasteiger partial charge in [-0.15, -0.1) is 0 Å². The van der Waals surface area contributed by atoms with Crippen LogP contribution in [0.5, 0.6) is 11.5 Å². The quantitative estimate of drug-likeness (QED) is 0.456. The van der Waals surface area contributed by atoms with Gasteiger partial charge in [0.25, 0.3) is 0 Å². The lowest BCUT2D eigenvalue weighted by Gasteiger charge is -2.19. The maximum Gasteiger partial charge on any atom is 0.407 e. The number of hydrogen-bond acceptors (Lipinski definition) is 5. The van der Waals surface area contributed by atoms with Crippen molar-refractivity contribution in [2.24, 2.45) is 5.73 Å². The molecule has 192 valence electrons. The number of alkyl carbamates (subject to hydrolysis) is 1. The maximum absolute atomic E-state index is 11.9. The predicted octanol–water partition coefficient (Wildman–Crippen LogP) is 5.27. The van der Waals surface area contributed by atoms with Crippen LogP contribution in [0.15, 0.2) is 48.5 Å². The Hall–Kier alpha value is -2.87. The molecule has 0 atom stereocenters. The van der Waals surface area contributed by atoms with Gasteiger partial charge in [-0.1, -0.05) is 31.7 Å². The molecule has 0 bridgehead atoms. The van der Waals surface area contributed by atoms with E-state index in [-0.39, 0.29) is 20.6 Å². The van der Waals surface area contributed by atoms with Crippen molar-refractivity contribution in [3.05, 3.63) is 59.7 Å². The Morgan fingerprint density at radius 1 is 0.853 bits per heavy atom. The van der Waals surface area contributed by atoms with Gasteiger partial charge in [0.15, 0.2) is 0 Å². The number of halogens is 2. The molecule has 2 aromatic carbocycles. The van der Waals surface area contributed by atoms with E-state index in [1.807, 2.05) is 57.2 Å². The molecule has 0 saturated heterocycles. The van der Waals surface area contributed by atoms with Gasteiger partial charge in [-0.25, -0.2) is 13.6 Å². The van der Waals surface area contributed by atoms with E-state index < -0.39 is 25.0 Å². The van der Waals surface area contributed by atoms with Crippen molar-refractivity contribution >= 4 is 6.09 Å². The molecule has 0 heterocycles. The van der Waals surface area contributed by atoms with Crippen LogP contribution in [0.2, 0.25) is 0 Å². The predicted molar refractivity (Wildman–Crippen MR) is 133 cm³/mol. The number of amides is 1. The molecule has 0 fully saturated rings. The first kappa shape index (κ1) is 31.1. The van der Waals surface area contributed by atoms with Crippen molar-refractivity contribution in [3.8, 4) is 11.5 Å². The summed E-state index contributed by atoms with van der Waals surface area (Å²) in [5.74, 6) is 1.35. The van der Waals surface area contributed by atoms with Crippen molar-refractivity contribution in [2.45, 2.75) is 46.6 Å². The number of hydrogen-bond donors (Lipinski definition) is 2. The molecule has 0 radical (unpaired) electrons. The zero-order chi connectivity index (χ0) is 24.5. The summed E-state index contributed by atoms with van der Waals surface area (Å²) in [5, 5.41) is 2.69. The molecule has 0 unspecified atom stereocenters. The van der Waals surface area contributed by atoms with Crippen LogP contribution >= 0.6 is 0 Å². The molecule has 6 nitrogen and oxygen atoms in total. The number of nitrogens with two attached hydrogens (primary N) is 1. The third-order valence-electron chi connectivity index (χ3n) is 4.05. The molecule has 8 heteroatoms. The van der Waals surface area contributed by atoms with Crippen molar-refractivity contribution in [1.82, 2.24) is 5.32 Å². The number of alkyl halides is 2. The molecular formula is C26H40F2N2O4. The van der Waals surface area contributed by atoms with E-state index in [0.29, 0.717) is 31.0 Å². The maximum atomic E-state index is 11.9. The van der Waals surface area contributed by atoms with Gasteiger partial charge >= 0.3 is 6.09 Å². The zero-order valence-corrected chi connectivity index (χ0v) is 19.7. The second-order valence-electron chi connectivity index (χ2n) is 8.08. The normalized spacial score (nSPS) is 10.3. The fraction of sp³-hybridized carbons (Fsp3) is 0.500. The average molecular weight is 483 g/mol. The Morgan fingerprint density at radius 2 is 1.29 bits per heavy atom. The van der Waals surface area contributed by atoms with Gasteiger partial charge in [0.1, 0.15) is 43.7 Å². The molecule has 0 aliphatic rings. The van der Waals surface area contributed by atoms with Gasteiger partial charge < -0.3 is 25.3 Å². The molecule has 2 rings (SSSR count). The summed E-state index contributed by atoms with van der Waals surface area (Å²) in [5.41, 5.74) is 7.15. The first-order valence-electron chi connectivity index (χ1n) is 11.0. The van der Waals surface area contributed by atoms with Crippen LogP contribution < -0.4 is 20.5 Å². The van der Waals surface area contributed by atoms with Crippen LogP contribution in [0, 0.1) is 0 Å². The van der Waals surface area contributed by atoms with Gasteiger partial charge in [-0.2, -0.15) is 0 Å². The Bertz CT molecular complexity index is 779. The summed E-state index contributed by atoms with van der Waals surface area (Å²) >= 11 is 0. The summed E-state index contributed by atoms with van der Waals surface area (Å²) in [4.78, 5) is 11.4. The van der Waals surface area contributed by atoms with E-state index in [2.05, 4.69) is 5.32 Å². The second-order valence-corrected chi connectivity index (χ2v) is 8.08. The van der Waals surface area contributed by atoms with Crippen molar-refractivity contribution in [1.29, 1.82) is 0 Å². The highest BCUT2D eigenvalue weighted by atomic mass is 19.1. The number of benzene rings is 2. The SMILES string of the molecule is C.CC(C)(C)OC(=O)NCCc1ccc(OCCF)cc1.NCCc1ccc(OCCF)cc1. The average Bonchev–Trinajstić information content (AvgIpc) is 2.77. The fourth-order valence-corrected chi connectivity index (χ4v) is 2.61. The second kappa shape index (κ2) is 17.6. The standard InChI is InChI=1S/C15H22FNO3.C10H14FNO.CH4/c1-15(2,3)20-14(18)17-10-8-12-4-6-13(7-5-12)19-11-9-16;11-6-8-13-10-3-1-9(2-4-10)5-7-12;/h4-7H,8-11H2,1-3H3,(H,17,18);1-4H,5-8,12H2;1H4. The summed E-state index contributed by atoms with van der Waals surface area (Å²) in [6.07, 6.45) is 1.15. The first-order valence-corrected chi connectivity index (χ1v) is 11.0. The van der Waals surface area contributed by atoms with E-state index in [4.69, 9.17) is 19.9 Å². The molecule has 3 N–H and O–H groups in total. The van der Waals surface area contributed by atoms with Crippen molar-refractivity contribution < 1.29 is 27.8 Å². The molecule has 0 aliphatic carbocycles. The van der Waals surface area contributed by atoms with Gasteiger partial charge in [0, 0.05) is 6.54 Å². The molecule has 34 heavy (non-hydrogen) atoms. The molecule has 2 aromatic rings. The molecule has 1 amide bonds. The summed E-state index contributed by atoms with van der Waals surface area (Å²) in [6, 6.07) is 14.9. The monoisotopic (exact) mass is 482 g/mol. The number of nitrogens with one attached hydrogen (secondary N) is 1. The lowest BCUT2D eigenvalue weighted by atomic mass is 10.1. The minimum absolute atomic E-state index is 0. The number of carbonyl (C=O) groups excluding carboxylic acids is 1. The first-order chi connectivity index (χ1) is 15.8. The third kappa shape index (κ3) is 15.1. The van der Waals surface area contributed by atoms with Gasteiger partial charge in [-0.3, -0.25) is 0 Å². The van der Waals surface area contributed by atoms with Crippen LogP contribution in [-0.4, -0.2) is 51.3 Å². The minimum atomic E-state index is -0.498. The Morgan fingerprint density at radius 3 is 1.68 bits per heavy atom. The van der Waals surface area contributed by atoms with E-state index >= 15 is 0 Å². The van der Waals surface area contributed by atoms with E-state index in [9.17, 15) is 13.6 Å². The van der Waals surface area contributed by atoms with Gasteiger partial charge in [0.2, 0.25) is 0 Å². The number of rotatable bonds is 11. The zero-order valence-electron chi connectivity index (χ0n) is 19.7. The largest absolute Gasteiger partial charge is 0.491 e. The van der Waals surface area contributed by atoms with Crippen LogP contribution in [0.25, 0.3) is 0 Å².